The van der Waals surface area contributed by atoms with Gasteiger partial charge in [-0.25, -0.2) is 4.98 Å². The van der Waals surface area contributed by atoms with Gasteiger partial charge >= 0.3 is 0 Å². The summed E-state index contributed by atoms with van der Waals surface area (Å²) < 4.78 is 5.29. The Morgan fingerprint density at radius 1 is 1.31 bits per heavy atom. The van der Waals surface area contributed by atoms with Crippen LogP contribution in [0.2, 0.25) is 0 Å². The monoisotopic (exact) mass is 220 g/mol. The van der Waals surface area contributed by atoms with Crippen molar-refractivity contribution in [1.29, 1.82) is 0 Å². The van der Waals surface area contributed by atoms with Gasteiger partial charge in [-0.3, -0.25) is 0 Å². The number of anilines is 1. The van der Waals surface area contributed by atoms with Crippen LogP contribution in [0.3, 0.4) is 0 Å². The Balaban J connectivity index is 2.08. The molecule has 1 aliphatic carbocycles. The maximum Gasteiger partial charge on any atom is 0.132 e. The lowest BCUT2D eigenvalue weighted by Gasteiger charge is -2.24. The van der Waals surface area contributed by atoms with E-state index in [1.807, 2.05) is 6.07 Å². The second-order valence-electron chi connectivity index (χ2n) is 4.47. The van der Waals surface area contributed by atoms with Crippen LogP contribution in [0, 0.1) is 6.92 Å². The zero-order valence-corrected chi connectivity index (χ0v) is 10.1. The molecular formula is C13H20N2O. The molecule has 1 saturated carbocycles. The van der Waals surface area contributed by atoms with Gasteiger partial charge in [0.15, 0.2) is 0 Å². The second kappa shape index (κ2) is 5.19. The van der Waals surface area contributed by atoms with Gasteiger partial charge in [0.25, 0.3) is 0 Å². The van der Waals surface area contributed by atoms with Crippen LogP contribution in [-0.2, 0) is 0 Å². The first kappa shape index (κ1) is 11.2. The third-order valence-electron chi connectivity index (χ3n) is 3.32. The average Bonchev–Trinajstić information content (AvgIpc) is 2.33. The predicted molar refractivity (Wildman–Crippen MR) is 66.0 cm³/mol. The van der Waals surface area contributed by atoms with E-state index in [0.29, 0.717) is 6.04 Å². The maximum absolute atomic E-state index is 5.29. The first-order valence-corrected chi connectivity index (χ1v) is 6.07. The molecule has 1 fully saturated rings. The van der Waals surface area contributed by atoms with Crippen molar-refractivity contribution >= 4 is 5.82 Å². The molecule has 0 amide bonds. The summed E-state index contributed by atoms with van der Waals surface area (Å²) in [7, 11) is 1.70. The van der Waals surface area contributed by atoms with Crippen LogP contribution < -0.4 is 10.1 Å². The van der Waals surface area contributed by atoms with Crippen LogP contribution in [0.15, 0.2) is 12.3 Å². The molecule has 1 aromatic heterocycles. The highest BCUT2D eigenvalue weighted by atomic mass is 16.5. The van der Waals surface area contributed by atoms with E-state index in [9.17, 15) is 0 Å². The van der Waals surface area contributed by atoms with Crippen molar-refractivity contribution in [1.82, 2.24) is 4.98 Å². The number of ether oxygens (including phenoxy) is 1. The SMILES string of the molecule is COc1ccnc(NC2CCCCC2)c1C. The molecule has 0 saturated heterocycles. The molecule has 0 aliphatic heterocycles. The van der Waals surface area contributed by atoms with E-state index in [4.69, 9.17) is 4.74 Å². The average molecular weight is 220 g/mol. The maximum atomic E-state index is 5.29. The Labute approximate surface area is 97.2 Å². The number of pyridine rings is 1. The van der Waals surface area contributed by atoms with E-state index in [2.05, 4.69) is 17.2 Å². The van der Waals surface area contributed by atoms with Crippen LogP contribution in [0.1, 0.15) is 37.7 Å². The molecule has 0 spiro atoms. The highest BCUT2D eigenvalue weighted by Crippen LogP contribution is 2.26. The summed E-state index contributed by atoms with van der Waals surface area (Å²) in [5, 5.41) is 3.53. The van der Waals surface area contributed by atoms with Crippen molar-refractivity contribution in [3.8, 4) is 5.75 Å². The van der Waals surface area contributed by atoms with Crippen molar-refractivity contribution in [2.75, 3.05) is 12.4 Å². The number of hydrogen-bond donors (Lipinski definition) is 1. The van der Waals surface area contributed by atoms with E-state index in [0.717, 1.165) is 17.1 Å². The molecule has 3 nitrogen and oxygen atoms in total. The van der Waals surface area contributed by atoms with E-state index in [-0.39, 0.29) is 0 Å². The van der Waals surface area contributed by atoms with Crippen LogP contribution in [0.4, 0.5) is 5.82 Å². The minimum Gasteiger partial charge on any atom is -0.496 e. The highest BCUT2D eigenvalue weighted by molar-refractivity contribution is 5.51. The highest BCUT2D eigenvalue weighted by Gasteiger charge is 2.15. The third kappa shape index (κ3) is 2.46. The fraction of sp³-hybridized carbons (Fsp3) is 0.615. The topological polar surface area (TPSA) is 34.1 Å². The van der Waals surface area contributed by atoms with Gasteiger partial charge in [-0.2, -0.15) is 0 Å². The molecule has 88 valence electrons. The van der Waals surface area contributed by atoms with Gasteiger partial charge in [0.05, 0.1) is 7.11 Å². The second-order valence-corrected chi connectivity index (χ2v) is 4.47. The summed E-state index contributed by atoms with van der Waals surface area (Å²) in [5.41, 5.74) is 1.11. The molecule has 0 radical (unpaired) electrons. The predicted octanol–water partition coefficient (Wildman–Crippen LogP) is 3.14. The zero-order chi connectivity index (χ0) is 11.4. The Morgan fingerprint density at radius 3 is 2.75 bits per heavy atom. The number of rotatable bonds is 3. The summed E-state index contributed by atoms with van der Waals surface area (Å²) in [4.78, 5) is 4.39. The van der Waals surface area contributed by atoms with Crippen molar-refractivity contribution in [3.63, 3.8) is 0 Å². The van der Waals surface area contributed by atoms with E-state index in [1.54, 1.807) is 13.3 Å². The van der Waals surface area contributed by atoms with Gasteiger partial charge < -0.3 is 10.1 Å². The summed E-state index contributed by atoms with van der Waals surface area (Å²) in [6.45, 7) is 2.05. The Morgan fingerprint density at radius 2 is 2.06 bits per heavy atom. The summed E-state index contributed by atoms with van der Waals surface area (Å²) in [6, 6.07) is 2.49. The van der Waals surface area contributed by atoms with Crippen LogP contribution in [0.5, 0.6) is 5.75 Å². The molecule has 1 aromatic rings. The molecular weight excluding hydrogens is 200 g/mol. The Hall–Kier alpha value is -1.25. The first-order chi connectivity index (χ1) is 7.81. The molecule has 1 N–H and O–H groups in total. The fourth-order valence-electron chi connectivity index (χ4n) is 2.32. The van der Waals surface area contributed by atoms with Gasteiger partial charge in [0, 0.05) is 17.8 Å². The molecule has 0 bridgehead atoms. The fourth-order valence-corrected chi connectivity index (χ4v) is 2.32. The van der Waals surface area contributed by atoms with Crippen molar-refractivity contribution in [3.05, 3.63) is 17.8 Å². The minimum absolute atomic E-state index is 0.590. The molecule has 3 heteroatoms. The van der Waals surface area contributed by atoms with Crippen LogP contribution >= 0.6 is 0 Å². The van der Waals surface area contributed by atoms with Crippen LogP contribution in [-0.4, -0.2) is 18.1 Å². The molecule has 0 unspecified atom stereocenters. The van der Waals surface area contributed by atoms with Crippen molar-refractivity contribution in [2.24, 2.45) is 0 Å². The van der Waals surface area contributed by atoms with Gasteiger partial charge in [0.1, 0.15) is 11.6 Å². The van der Waals surface area contributed by atoms with E-state index >= 15 is 0 Å². The molecule has 0 aromatic carbocycles. The van der Waals surface area contributed by atoms with E-state index in [1.165, 1.54) is 32.1 Å². The largest absolute Gasteiger partial charge is 0.496 e. The quantitative estimate of drug-likeness (QED) is 0.849. The minimum atomic E-state index is 0.590. The van der Waals surface area contributed by atoms with Gasteiger partial charge in [-0.15, -0.1) is 0 Å². The number of hydrogen-bond acceptors (Lipinski definition) is 3. The summed E-state index contributed by atoms with van der Waals surface area (Å²) in [5.74, 6) is 1.89. The first-order valence-electron chi connectivity index (χ1n) is 6.07. The Kier molecular flexibility index (Phi) is 3.65. The summed E-state index contributed by atoms with van der Waals surface area (Å²) >= 11 is 0. The smallest absolute Gasteiger partial charge is 0.132 e. The van der Waals surface area contributed by atoms with Gasteiger partial charge in [-0.05, 0) is 25.8 Å². The lowest BCUT2D eigenvalue weighted by Crippen LogP contribution is -2.23. The molecule has 1 heterocycles. The zero-order valence-electron chi connectivity index (χ0n) is 10.1. The molecule has 0 atom stereocenters. The normalized spacial score (nSPS) is 17.1. The third-order valence-corrected chi connectivity index (χ3v) is 3.32. The van der Waals surface area contributed by atoms with Crippen LogP contribution in [0.25, 0.3) is 0 Å². The van der Waals surface area contributed by atoms with Crippen molar-refractivity contribution in [2.45, 2.75) is 45.1 Å². The number of nitrogens with zero attached hydrogens (tertiary/aromatic N) is 1. The molecule has 1 aliphatic rings. The lowest BCUT2D eigenvalue weighted by atomic mass is 9.95. The van der Waals surface area contributed by atoms with Gasteiger partial charge in [-0.1, -0.05) is 19.3 Å². The van der Waals surface area contributed by atoms with E-state index < -0.39 is 0 Å². The molecule has 2 rings (SSSR count). The van der Waals surface area contributed by atoms with Crippen molar-refractivity contribution < 1.29 is 4.74 Å². The Bertz CT molecular complexity index is 346. The molecule has 16 heavy (non-hydrogen) atoms. The lowest BCUT2D eigenvalue weighted by molar-refractivity contribution is 0.411. The summed E-state index contributed by atoms with van der Waals surface area (Å²) in [6.07, 6.45) is 8.37. The number of methoxy groups -OCH3 is 1. The van der Waals surface area contributed by atoms with Gasteiger partial charge in [0.2, 0.25) is 0 Å². The number of nitrogens with one attached hydrogen (secondary N) is 1. The standard InChI is InChI=1S/C13H20N2O/c1-10-12(16-2)8-9-14-13(10)15-11-6-4-3-5-7-11/h8-9,11H,3-7H2,1-2H3,(H,14,15). The number of aromatic nitrogens is 1.